The third kappa shape index (κ3) is 2.11. The van der Waals surface area contributed by atoms with Crippen molar-refractivity contribution in [1.29, 1.82) is 0 Å². The van der Waals surface area contributed by atoms with Gasteiger partial charge >= 0.3 is 0 Å². The normalized spacial score (nSPS) is 13.5. The van der Waals surface area contributed by atoms with Gasteiger partial charge in [-0.1, -0.05) is 6.07 Å². The highest BCUT2D eigenvalue weighted by atomic mass is 16.2. The van der Waals surface area contributed by atoms with E-state index >= 15 is 0 Å². The SMILES string of the molecule is CCNc1ccc(-c2ccc3c(c2)CC(=O)N3C)nn1. The van der Waals surface area contributed by atoms with Crippen molar-refractivity contribution in [3.8, 4) is 11.3 Å². The third-order valence-corrected chi connectivity index (χ3v) is 3.47. The fourth-order valence-electron chi connectivity index (χ4n) is 2.39. The van der Waals surface area contributed by atoms with Crippen molar-refractivity contribution >= 4 is 17.4 Å². The van der Waals surface area contributed by atoms with E-state index in [-0.39, 0.29) is 5.91 Å². The minimum Gasteiger partial charge on any atom is -0.369 e. The average molecular weight is 268 g/mol. The number of amides is 1. The first-order chi connectivity index (χ1) is 9.69. The molecule has 1 N–H and O–H groups in total. The molecule has 0 fully saturated rings. The van der Waals surface area contributed by atoms with Gasteiger partial charge in [-0.15, -0.1) is 10.2 Å². The third-order valence-electron chi connectivity index (χ3n) is 3.47. The molecule has 2 heterocycles. The summed E-state index contributed by atoms with van der Waals surface area (Å²) in [6.07, 6.45) is 0.461. The van der Waals surface area contributed by atoms with Crippen LogP contribution in [-0.2, 0) is 11.2 Å². The summed E-state index contributed by atoms with van der Waals surface area (Å²) in [5, 5.41) is 11.5. The molecule has 0 unspecified atom stereocenters. The van der Waals surface area contributed by atoms with E-state index in [9.17, 15) is 4.79 Å². The molecule has 0 spiro atoms. The first-order valence-electron chi connectivity index (χ1n) is 6.66. The maximum absolute atomic E-state index is 11.7. The van der Waals surface area contributed by atoms with E-state index in [1.165, 1.54) is 0 Å². The molecule has 5 nitrogen and oxygen atoms in total. The second-order valence-corrected chi connectivity index (χ2v) is 4.81. The smallest absolute Gasteiger partial charge is 0.231 e. The molecule has 0 radical (unpaired) electrons. The van der Waals surface area contributed by atoms with E-state index in [4.69, 9.17) is 0 Å². The standard InChI is InChI=1S/C15H16N4O/c1-3-16-14-7-5-12(17-18-14)10-4-6-13-11(8-10)9-15(20)19(13)2/h4-8H,3,9H2,1-2H3,(H,16,18). The van der Waals surface area contributed by atoms with Gasteiger partial charge in [0.2, 0.25) is 5.91 Å². The van der Waals surface area contributed by atoms with Crippen LogP contribution in [0.1, 0.15) is 12.5 Å². The Morgan fingerprint density at radius 1 is 1.25 bits per heavy atom. The topological polar surface area (TPSA) is 58.1 Å². The van der Waals surface area contributed by atoms with Gasteiger partial charge < -0.3 is 10.2 Å². The number of fused-ring (bicyclic) bond motifs is 1. The van der Waals surface area contributed by atoms with Crippen molar-refractivity contribution in [2.24, 2.45) is 0 Å². The molecule has 0 saturated heterocycles. The highest BCUT2D eigenvalue weighted by molar-refractivity contribution is 6.01. The molecule has 5 heteroatoms. The zero-order chi connectivity index (χ0) is 14.1. The predicted octanol–water partition coefficient (Wildman–Crippen LogP) is 2.09. The lowest BCUT2D eigenvalue weighted by molar-refractivity contribution is -0.117. The van der Waals surface area contributed by atoms with Crippen molar-refractivity contribution < 1.29 is 4.79 Å². The minimum absolute atomic E-state index is 0.130. The number of hydrogen-bond acceptors (Lipinski definition) is 4. The van der Waals surface area contributed by atoms with Gasteiger partial charge in [-0.3, -0.25) is 4.79 Å². The number of carbonyl (C=O) groups is 1. The quantitative estimate of drug-likeness (QED) is 0.926. The Hall–Kier alpha value is -2.43. The highest BCUT2D eigenvalue weighted by Gasteiger charge is 2.24. The maximum Gasteiger partial charge on any atom is 0.231 e. The summed E-state index contributed by atoms with van der Waals surface area (Å²) in [6, 6.07) is 9.82. The van der Waals surface area contributed by atoms with Gasteiger partial charge in [0.15, 0.2) is 0 Å². The molecule has 20 heavy (non-hydrogen) atoms. The van der Waals surface area contributed by atoms with E-state index < -0.39 is 0 Å². The Kier molecular flexibility index (Phi) is 3.10. The van der Waals surface area contributed by atoms with Crippen LogP contribution in [0, 0.1) is 0 Å². The zero-order valence-electron chi connectivity index (χ0n) is 11.6. The Morgan fingerprint density at radius 3 is 2.80 bits per heavy atom. The van der Waals surface area contributed by atoms with Crippen molar-refractivity contribution in [2.45, 2.75) is 13.3 Å². The van der Waals surface area contributed by atoms with Crippen molar-refractivity contribution in [2.75, 3.05) is 23.8 Å². The Balaban J connectivity index is 1.92. The predicted molar refractivity (Wildman–Crippen MR) is 78.7 cm³/mol. The Bertz CT molecular complexity index is 651. The number of aromatic nitrogens is 2. The summed E-state index contributed by atoms with van der Waals surface area (Å²) in [6.45, 7) is 2.84. The second-order valence-electron chi connectivity index (χ2n) is 4.81. The number of rotatable bonds is 3. The van der Waals surface area contributed by atoms with Crippen LogP contribution < -0.4 is 10.2 Å². The summed E-state index contributed by atoms with van der Waals surface area (Å²) in [4.78, 5) is 13.4. The van der Waals surface area contributed by atoms with Crippen LogP contribution in [0.15, 0.2) is 30.3 Å². The lowest BCUT2D eigenvalue weighted by Gasteiger charge is -2.10. The molecule has 0 atom stereocenters. The molecule has 1 aromatic heterocycles. The monoisotopic (exact) mass is 268 g/mol. The van der Waals surface area contributed by atoms with Gasteiger partial charge in [-0.25, -0.2) is 0 Å². The second kappa shape index (κ2) is 4.92. The first kappa shape index (κ1) is 12.6. The van der Waals surface area contributed by atoms with Crippen molar-refractivity contribution in [3.63, 3.8) is 0 Å². The molecule has 1 aliphatic rings. The van der Waals surface area contributed by atoms with Crippen LogP contribution in [-0.4, -0.2) is 29.7 Å². The number of carbonyl (C=O) groups excluding carboxylic acids is 1. The van der Waals surface area contributed by atoms with Gasteiger partial charge in [-0.2, -0.15) is 0 Å². The summed E-state index contributed by atoms with van der Waals surface area (Å²) in [5.41, 5.74) is 3.84. The number of anilines is 2. The fraction of sp³-hybridized carbons (Fsp3) is 0.267. The van der Waals surface area contributed by atoms with E-state index in [0.29, 0.717) is 6.42 Å². The molecular formula is C15H16N4O. The van der Waals surface area contributed by atoms with Crippen LogP contribution in [0.3, 0.4) is 0 Å². The highest BCUT2D eigenvalue weighted by Crippen LogP contribution is 2.31. The average Bonchev–Trinajstić information content (AvgIpc) is 2.75. The van der Waals surface area contributed by atoms with Gasteiger partial charge in [-0.05, 0) is 36.8 Å². The molecule has 0 bridgehead atoms. The largest absolute Gasteiger partial charge is 0.369 e. The van der Waals surface area contributed by atoms with Gasteiger partial charge in [0.1, 0.15) is 5.82 Å². The number of likely N-dealkylation sites (N-methyl/N-ethyl adjacent to an activating group) is 1. The molecule has 3 rings (SSSR count). The fourth-order valence-corrected chi connectivity index (χ4v) is 2.39. The lowest BCUT2D eigenvalue weighted by Crippen LogP contribution is -2.20. The number of nitrogens with zero attached hydrogens (tertiary/aromatic N) is 3. The van der Waals surface area contributed by atoms with Crippen LogP contribution >= 0.6 is 0 Å². The molecule has 0 saturated carbocycles. The van der Waals surface area contributed by atoms with E-state index in [0.717, 1.165) is 34.9 Å². The zero-order valence-corrected chi connectivity index (χ0v) is 11.6. The summed E-state index contributed by atoms with van der Waals surface area (Å²) >= 11 is 0. The maximum atomic E-state index is 11.7. The van der Waals surface area contributed by atoms with Gasteiger partial charge in [0.25, 0.3) is 0 Å². The number of benzene rings is 1. The lowest BCUT2D eigenvalue weighted by atomic mass is 10.1. The summed E-state index contributed by atoms with van der Waals surface area (Å²) in [7, 11) is 1.80. The molecule has 1 aromatic carbocycles. The molecule has 2 aromatic rings. The Labute approximate surface area is 117 Å². The van der Waals surface area contributed by atoms with Crippen molar-refractivity contribution in [1.82, 2.24) is 10.2 Å². The van der Waals surface area contributed by atoms with E-state index in [1.807, 2.05) is 37.3 Å². The molecule has 1 amide bonds. The van der Waals surface area contributed by atoms with Crippen LogP contribution in [0.5, 0.6) is 0 Å². The molecular weight excluding hydrogens is 252 g/mol. The van der Waals surface area contributed by atoms with Crippen molar-refractivity contribution in [3.05, 3.63) is 35.9 Å². The van der Waals surface area contributed by atoms with Gasteiger partial charge in [0, 0.05) is 24.8 Å². The van der Waals surface area contributed by atoms with Crippen LogP contribution in [0.25, 0.3) is 11.3 Å². The van der Waals surface area contributed by atoms with Gasteiger partial charge in [0.05, 0.1) is 12.1 Å². The Morgan fingerprint density at radius 2 is 2.10 bits per heavy atom. The van der Waals surface area contributed by atoms with Crippen LogP contribution in [0.4, 0.5) is 11.5 Å². The molecule has 102 valence electrons. The first-order valence-corrected chi connectivity index (χ1v) is 6.66. The van der Waals surface area contributed by atoms with E-state index in [2.05, 4.69) is 15.5 Å². The number of hydrogen-bond donors (Lipinski definition) is 1. The summed E-state index contributed by atoms with van der Waals surface area (Å²) < 4.78 is 0. The molecule has 0 aliphatic carbocycles. The number of nitrogens with one attached hydrogen (secondary N) is 1. The summed E-state index contributed by atoms with van der Waals surface area (Å²) in [5.74, 6) is 0.901. The van der Waals surface area contributed by atoms with Crippen LogP contribution in [0.2, 0.25) is 0 Å². The van der Waals surface area contributed by atoms with E-state index in [1.54, 1.807) is 11.9 Å². The minimum atomic E-state index is 0.130. The molecule has 1 aliphatic heterocycles.